The smallest absolute Gasteiger partial charge is 0.282 e. The topological polar surface area (TPSA) is 82.2 Å². The first-order valence-corrected chi connectivity index (χ1v) is 12.2. The SMILES string of the molecule is CN(CCCNC(=O)C1CCN(S(=O)(=O)N2CCOCC2)CC1)Cc1ccccc1. The molecule has 0 spiro atoms. The Morgan fingerprint density at radius 1 is 1.10 bits per heavy atom. The van der Waals surface area contributed by atoms with E-state index in [-0.39, 0.29) is 11.8 Å². The minimum absolute atomic E-state index is 0.0455. The maximum atomic E-state index is 12.7. The van der Waals surface area contributed by atoms with Gasteiger partial charge in [0.15, 0.2) is 0 Å². The van der Waals surface area contributed by atoms with Crippen LogP contribution >= 0.6 is 0 Å². The van der Waals surface area contributed by atoms with E-state index in [1.165, 1.54) is 14.2 Å². The molecule has 9 heteroatoms. The Hall–Kier alpha value is -1.52. The molecular weight excluding hydrogens is 404 g/mol. The van der Waals surface area contributed by atoms with Gasteiger partial charge in [-0.25, -0.2) is 0 Å². The summed E-state index contributed by atoms with van der Waals surface area (Å²) in [6.07, 6.45) is 2.03. The van der Waals surface area contributed by atoms with Gasteiger partial charge in [-0.15, -0.1) is 0 Å². The summed E-state index contributed by atoms with van der Waals surface area (Å²) in [6, 6.07) is 10.3. The first-order chi connectivity index (χ1) is 14.5. The normalized spacial score (nSPS) is 19.8. The van der Waals surface area contributed by atoms with Gasteiger partial charge in [0.05, 0.1) is 13.2 Å². The minimum atomic E-state index is -3.44. The van der Waals surface area contributed by atoms with Crippen LogP contribution in [-0.4, -0.2) is 87.4 Å². The van der Waals surface area contributed by atoms with Crippen molar-refractivity contribution in [1.82, 2.24) is 18.8 Å². The zero-order valence-corrected chi connectivity index (χ0v) is 18.6. The molecule has 3 rings (SSSR count). The third-order valence-electron chi connectivity index (χ3n) is 5.76. The van der Waals surface area contributed by atoms with Gasteiger partial charge >= 0.3 is 0 Å². The van der Waals surface area contributed by atoms with Crippen LogP contribution in [-0.2, 0) is 26.3 Å². The highest BCUT2D eigenvalue weighted by molar-refractivity contribution is 7.86. The van der Waals surface area contributed by atoms with Crippen molar-refractivity contribution in [1.29, 1.82) is 0 Å². The molecule has 2 aliphatic heterocycles. The number of hydrogen-bond donors (Lipinski definition) is 1. The second kappa shape index (κ2) is 11.2. The second-order valence-electron chi connectivity index (χ2n) is 8.06. The summed E-state index contributed by atoms with van der Waals surface area (Å²) in [5, 5.41) is 3.03. The number of nitrogens with zero attached hydrogens (tertiary/aromatic N) is 3. The van der Waals surface area contributed by atoms with Crippen molar-refractivity contribution >= 4 is 16.1 Å². The van der Waals surface area contributed by atoms with Crippen LogP contribution in [0.2, 0.25) is 0 Å². The maximum Gasteiger partial charge on any atom is 0.282 e. The van der Waals surface area contributed by atoms with E-state index in [9.17, 15) is 13.2 Å². The van der Waals surface area contributed by atoms with Crippen molar-refractivity contribution in [3.05, 3.63) is 35.9 Å². The van der Waals surface area contributed by atoms with E-state index in [0.717, 1.165) is 19.5 Å². The number of morpholine rings is 1. The molecule has 1 aromatic rings. The number of benzene rings is 1. The van der Waals surface area contributed by atoms with Gasteiger partial charge in [0.2, 0.25) is 5.91 Å². The Balaban J connectivity index is 1.33. The number of nitrogens with one attached hydrogen (secondary N) is 1. The first-order valence-electron chi connectivity index (χ1n) is 10.8. The van der Waals surface area contributed by atoms with Gasteiger partial charge in [0.1, 0.15) is 0 Å². The van der Waals surface area contributed by atoms with Crippen LogP contribution in [0.25, 0.3) is 0 Å². The summed E-state index contributed by atoms with van der Waals surface area (Å²) in [5.41, 5.74) is 1.28. The standard InChI is InChI=1S/C21H34N4O4S/c1-23(18-19-6-3-2-4-7-19)11-5-10-22-21(26)20-8-12-24(13-9-20)30(27,28)25-14-16-29-17-15-25/h2-4,6-7,20H,5,8-18H2,1H3,(H,22,26). The quantitative estimate of drug-likeness (QED) is 0.580. The van der Waals surface area contributed by atoms with Gasteiger partial charge in [-0.2, -0.15) is 17.0 Å². The highest BCUT2D eigenvalue weighted by atomic mass is 32.2. The maximum absolute atomic E-state index is 12.7. The van der Waals surface area contributed by atoms with E-state index in [1.807, 2.05) is 18.2 Å². The molecule has 30 heavy (non-hydrogen) atoms. The molecule has 0 aromatic heterocycles. The second-order valence-corrected chi connectivity index (χ2v) is 9.99. The van der Waals surface area contributed by atoms with E-state index in [0.29, 0.717) is 58.8 Å². The Morgan fingerprint density at radius 3 is 2.40 bits per heavy atom. The summed E-state index contributed by atoms with van der Waals surface area (Å²) in [7, 11) is -1.36. The predicted octanol–water partition coefficient (Wildman–Crippen LogP) is 0.914. The van der Waals surface area contributed by atoms with Gasteiger partial charge in [0.25, 0.3) is 10.2 Å². The number of carbonyl (C=O) groups excluding carboxylic acids is 1. The van der Waals surface area contributed by atoms with E-state index >= 15 is 0 Å². The summed E-state index contributed by atoms with van der Waals surface area (Å²) in [6.45, 7) is 4.94. The number of hydrogen-bond acceptors (Lipinski definition) is 5. The molecule has 2 fully saturated rings. The van der Waals surface area contributed by atoms with E-state index < -0.39 is 10.2 Å². The van der Waals surface area contributed by atoms with Crippen LogP contribution in [0, 0.1) is 5.92 Å². The Kier molecular flexibility index (Phi) is 8.64. The van der Waals surface area contributed by atoms with Gasteiger partial charge in [-0.3, -0.25) is 4.79 Å². The molecule has 0 aliphatic carbocycles. The van der Waals surface area contributed by atoms with Crippen LogP contribution < -0.4 is 5.32 Å². The molecule has 0 radical (unpaired) electrons. The van der Waals surface area contributed by atoms with Crippen LogP contribution in [0.3, 0.4) is 0 Å². The largest absolute Gasteiger partial charge is 0.379 e. The summed E-state index contributed by atoms with van der Waals surface area (Å²) >= 11 is 0. The molecule has 0 bridgehead atoms. The summed E-state index contributed by atoms with van der Waals surface area (Å²) < 4.78 is 33.7. The van der Waals surface area contributed by atoms with Crippen LogP contribution in [0.5, 0.6) is 0 Å². The molecule has 0 atom stereocenters. The third-order valence-corrected chi connectivity index (χ3v) is 7.79. The van der Waals surface area contributed by atoms with Crippen molar-refractivity contribution in [2.75, 3.05) is 59.5 Å². The number of piperidine rings is 1. The molecule has 1 amide bonds. The lowest BCUT2D eigenvalue weighted by atomic mass is 9.97. The highest BCUT2D eigenvalue weighted by Crippen LogP contribution is 2.22. The summed E-state index contributed by atoms with van der Waals surface area (Å²) in [5.74, 6) is -0.0627. The van der Waals surface area contributed by atoms with Gasteiger partial charge in [-0.05, 0) is 38.4 Å². The van der Waals surface area contributed by atoms with Crippen molar-refractivity contribution in [2.45, 2.75) is 25.8 Å². The van der Waals surface area contributed by atoms with Gasteiger partial charge in [-0.1, -0.05) is 30.3 Å². The van der Waals surface area contributed by atoms with Crippen LogP contribution in [0.1, 0.15) is 24.8 Å². The van der Waals surface area contributed by atoms with Crippen molar-refractivity contribution in [2.24, 2.45) is 5.92 Å². The molecule has 0 unspecified atom stereocenters. The summed E-state index contributed by atoms with van der Waals surface area (Å²) in [4.78, 5) is 14.7. The molecule has 1 N–H and O–H groups in total. The predicted molar refractivity (Wildman–Crippen MR) is 116 cm³/mol. The monoisotopic (exact) mass is 438 g/mol. The fraction of sp³-hybridized carbons (Fsp3) is 0.667. The van der Waals surface area contributed by atoms with Crippen molar-refractivity contribution in [3.63, 3.8) is 0 Å². The molecule has 2 aliphatic rings. The van der Waals surface area contributed by atoms with Crippen LogP contribution in [0.4, 0.5) is 0 Å². The van der Waals surface area contributed by atoms with E-state index in [4.69, 9.17) is 4.74 Å². The lowest BCUT2D eigenvalue weighted by Crippen LogP contribution is -2.51. The van der Waals surface area contributed by atoms with Gasteiger partial charge in [0, 0.05) is 45.2 Å². The lowest BCUT2D eigenvalue weighted by Gasteiger charge is -2.35. The van der Waals surface area contributed by atoms with E-state index in [1.54, 1.807) is 0 Å². The van der Waals surface area contributed by atoms with Gasteiger partial charge < -0.3 is 15.0 Å². The number of amides is 1. The Labute approximate surface area is 180 Å². The van der Waals surface area contributed by atoms with E-state index in [2.05, 4.69) is 29.4 Å². The molecule has 1 aromatic carbocycles. The highest BCUT2D eigenvalue weighted by Gasteiger charge is 2.35. The number of rotatable bonds is 9. The van der Waals surface area contributed by atoms with Crippen molar-refractivity contribution in [3.8, 4) is 0 Å². The number of ether oxygens (including phenoxy) is 1. The molecular formula is C21H34N4O4S. The van der Waals surface area contributed by atoms with Crippen molar-refractivity contribution < 1.29 is 17.9 Å². The molecule has 2 saturated heterocycles. The zero-order chi connectivity index (χ0) is 21.4. The fourth-order valence-corrected chi connectivity index (χ4v) is 5.58. The Bertz CT molecular complexity index is 760. The zero-order valence-electron chi connectivity index (χ0n) is 17.8. The molecule has 2 heterocycles. The third kappa shape index (κ3) is 6.49. The first kappa shape index (κ1) is 23.1. The average molecular weight is 439 g/mol. The molecule has 8 nitrogen and oxygen atoms in total. The van der Waals surface area contributed by atoms with Crippen LogP contribution in [0.15, 0.2) is 30.3 Å². The lowest BCUT2D eigenvalue weighted by molar-refractivity contribution is -0.126. The molecule has 0 saturated carbocycles. The minimum Gasteiger partial charge on any atom is -0.379 e. The molecule has 168 valence electrons. The fourth-order valence-electron chi connectivity index (χ4n) is 3.97. The Morgan fingerprint density at radius 2 is 1.73 bits per heavy atom. The average Bonchev–Trinajstić information content (AvgIpc) is 2.78. The number of carbonyl (C=O) groups is 1.